The van der Waals surface area contributed by atoms with E-state index in [1.165, 1.54) is 0 Å². The molecule has 1 N–H and O–H groups in total. The zero-order chi connectivity index (χ0) is 20.8. The van der Waals surface area contributed by atoms with Gasteiger partial charge in [-0.25, -0.2) is 0 Å². The summed E-state index contributed by atoms with van der Waals surface area (Å²) in [6.07, 6.45) is 12.9. The van der Waals surface area contributed by atoms with Crippen LogP contribution in [0.25, 0.3) is 0 Å². The van der Waals surface area contributed by atoms with Crippen LogP contribution in [0, 0.1) is 16.0 Å². The molecule has 0 bridgehead atoms. The average Bonchev–Trinajstić information content (AvgIpc) is 2.76. The van der Waals surface area contributed by atoms with Crippen LogP contribution in [0.5, 0.6) is 0 Å². The second-order valence-corrected chi connectivity index (χ2v) is 7.79. The number of hydrogen-bond acceptors (Lipinski definition) is 5. The van der Waals surface area contributed by atoms with Crippen LogP contribution in [0.1, 0.15) is 26.7 Å². The average molecular weight is 401 g/mol. The zero-order valence-corrected chi connectivity index (χ0v) is 17.4. The highest BCUT2D eigenvalue weighted by atomic mass is 16.6. The van der Waals surface area contributed by atoms with Crippen molar-refractivity contribution in [3.05, 3.63) is 57.7 Å². The summed E-state index contributed by atoms with van der Waals surface area (Å²) in [5.41, 5.74) is 2.24. The van der Waals surface area contributed by atoms with Crippen molar-refractivity contribution >= 4 is 5.91 Å². The van der Waals surface area contributed by atoms with E-state index in [1.54, 1.807) is 6.08 Å². The number of carbonyl (C=O) groups excluding carboxylic acids is 1. The number of hydrogen-bond donors (Lipinski definition) is 1. The number of nitrogens with one attached hydrogen (secondary N) is 1. The quantitative estimate of drug-likeness (QED) is 0.523. The Labute approximate surface area is 173 Å². The van der Waals surface area contributed by atoms with Gasteiger partial charge in [0.05, 0.1) is 12.0 Å². The number of rotatable bonds is 7. The molecule has 3 atom stereocenters. The Morgan fingerprint density at radius 1 is 1.31 bits per heavy atom. The van der Waals surface area contributed by atoms with Crippen molar-refractivity contribution < 1.29 is 9.72 Å². The van der Waals surface area contributed by atoms with Gasteiger partial charge < -0.3 is 10.2 Å². The minimum Gasteiger partial charge on any atom is -0.343 e. The van der Waals surface area contributed by atoms with Gasteiger partial charge in [0.25, 0.3) is 0 Å². The van der Waals surface area contributed by atoms with Crippen LogP contribution in [-0.2, 0) is 4.79 Å². The standard InChI is InChI=1S/C22H32N4O3/c1-3-24(4-2)22(27)18-10-8-17(9-11-18)21(25-14-12-23-13-15-25)19-6-5-7-20(16-19)26(28)29/h5-10,18,20-21,23H,3-4,11-16H2,1-2H3. The van der Waals surface area contributed by atoms with E-state index in [9.17, 15) is 14.9 Å². The summed E-state index contributed by atoms with van der Waals surface area (Å²) >= 11 is 0. The molecule has 3 unspecified atom stereocenters. The van der Waals surface area contributed by atoms with E-state index in [1.807, 2.05) is 37.0 Å². The fraction of sp³-hybridized carbons (Fsp3) is 0.591. The van der Waals surface area contributed by atoms with Crippen LogP contribution in [-0.4, -0.2) is 72.0 Å². The van der Waals surface area contributed by atoms with Gasteiger partial charge in [-0.15, -0.1) is 0 Å². The molecule has 0 aromatic heterocycles. The van der Waals surface area contributed by atoms with E-state index >= 15 is 0 Å². The highest BCUT2D eigenvalue weighted by molar-refractivity contribution is 5.81. The van der Waals surface area contributed by atoms with Crippen molar-refractivity contribution in [1.82, 2.24) is 15.1 Å². The number of amides is 1. The van der Waals surface area contributed by atoms with Crippen LogP contribution >= 0.6 is 0 Å². The first-order valence-electron chi connectivity index (χ1n) is 10.7. The molecule has 7 heteroatoms. The maximum atomic E-state index is 12.7. The number of allylic oxidation sites excluding steroid dienone is 3. The summed E-state index contributed by atoms with van der Waals surface area (Å²) < 4.78 is 0. The van der Waals surface area contributed by atoms with Crippen molar-refractivity contribution in [3.63, 3.8) is 0 Å². The monoisotopic (exact) mass is 400 g/mol. The highest BCUT2D eigenvalue weighted by Crippen LogP contribution is 2.31. The summed E-state index contributed by atoms with van der Waals surface area (Å²) in [4.78, 5) is 28.1. The Kier molecular flexibility index (Phi) is 7.39. The fourth-order valence-corrected chi connectivity index (χ4v) is 4.42. The summed E-state index contributed by atoms with van der Waals surface area (Å²) in [5.74, 6) is 0.0579. The molecule has 3 rings (SSSR count). The second kappa shape index (κ2) is 9.98. The van der Waals surface area contributed by atoms with Gasteiger partial charge in [0.15, 0.2) is 0 Å². The lowest BCUT2D eigenvalue weighted by Gasteiger charge is -2.38. The zero-order valence-electron chi connectivity index (χ0n) is 17.4. The van der Waals surface area contributed by atoms with Crippen molar-refractivity contribution in [2.24, 2.45) is 5.92 Å². The molecule has 1 heterocycles. The van der Waals surface area contributed by atoms with E-state index in [4.69, 9.17) is 0 Å². The lowest BCUT2D eigenvalue weighted by Crippen LogP contribution is -2.50. The first kappa shape index (κ1) is 21.5. The molecule has 1 aliphatic heterocycles. The highest BCUT2D eigenvalue weighted by Gasteiger charge is 2.32. The molecule has 2 aliphatic carbocycles. The third-order valence-corrected chi connectivity index (χ3v) is 6.06. The van der Waals surface area contributed by atoms with Gasteiger partial charge >= 0.3 is 0 Å². The molecular formula is C22H32N4O3. The van der Waals surface area contributed by atoms with E-state index in [-0.39, 0.29) is 22.8 Å². The van der Waals surface area contributed by atoms with Crippen LogP contribution in [0.2, 0.25) is 0 Å². The number of nitro groups is 1. The summed E-state index contributed by atoms with van der Waals surface area (Å²) in [7, 11) is 0. The molecule has 1 fully saturated rings. The summed E-state index contributed by atoms with van der Waals surface area (Å²) in [6, 6.07) is -0.629. The van der Waals surface area contributed by atoms with Gasteiger partial charge in [-0.3, -0.25) is 19.8 Å². The van der Waals surface area contributed by atoms with Crippen LogP contribution in [0.15, 0.2) is 47.6 Å². The van der Waals surface area contributed by atoms with Gasteiger partial charge in [0.2, 0.25) is 11.9 Å². The fourth-order valence-electron chi connectivity index (χ4n) is 4.42. The maximum absolute atomic E-state index is 12.7. The van der Waals surface area contributed by atoms with Crippen LogP contribution < -0.4 is 5.32 Å². The van der Waals surface area contributed by atoms with Crippen molar-refractivity contribution in [1.29, 1.82) is 0 Å². The molecule has 0 aromatic carbocycles. The topological polar surface area (TPSA) is 78.7 Å². The summed E-state index contributed by atoms with van der Waals surface area (Å²) in [5, 5.41) is 14.7. The normalized spacial score (nSPS) is 25.9. The van der Waals surface area contributed by atoms with Crippen molar-refractivity contribution in [3.8, 4) is 0 Å². The number of carbonyl (C=O) groups is 1. The Balaban J connectivity index is 1.80. The van der Waals surface area contributed by atoms with E-state index < -0.39 is 6.04 Å². The largest absolute Gasteiger partial charge is 0.343 e. The molecule has 0 radical (unpaired) electrons. The van der Waals surface area contributed by atoms with E-state index in [2.05, 4.69) is 22.4 Å². The minimum atomic E-state index is -0.662. The second-order valence-electron chi connectivity index (χ2n) is 7.79. The third kappa shape index (κ3) is 5.03. The van der Waals surface area contributed by atoms with Crippen LogP contribution in [0.3, 0.4) is 0 Å². The number of piperazine rings is 1. The van der Waals surface area contributed by atoms with Gasteiger partial charge in [-0.2, -0.15) is 0 Å². The molecule has 0 spiro atoms. The first-order chi connectivity index (χ1) is 14.0. The Morgan fingerprint density at radius 2 is 2.03 bits per heavy atom. The maximum Gasteiger partial charge on any atom is 0.235 e. The van der Waals surface area contributed by atoms with Gasteiger partial charge in [-0.05, 0) is 37.5 Å². The Hall–Kier alpha value is -2.25. The molecule has 7 nitrogen and oxygen atoms in total. The first-order valence-corrected chi connectivity index (χ1v) is 10.7. The summed E-state index contributed by atoms with van der Waals surface area (Å²) in [6.45, 7) is 9.09. The molecule has 1 saturated heterocycles. The molecule has 29 heavy (non-hydrogen) atoms. The lowest BCUT2D eigenvalue weighted by molar-refractivity contribution is -0.509. The molecule has 0 saturated carbocycles. The predicted octanol–water partition coefficient (Wildman–Crippen LogP) is 2.16. The smallest absolute Gasteiger partial charge is 0.235 e. The van der Waals surface area contributed by atoms with Crippen LogP contribution in [0.4, 0.5) is 0 Å². The SMILES string of the molecule is CCN(CC)C(=O)C1C=CC(C(C2=CC=CC([N+](=O)[O-])C2)N2CCNCC2)=CC1. The third-order valence-electron chi connectivity index (χ3n) is 6.06. The van der Waals surface area contributed by atoms with Crippen molar-refractivity contribution in [2.45, 2.75) is 38.8 Å². The van der Waals surface area contributed by atoms with E-state index in [0.717, 1.165) is 50.4 Å². The molecule has 3 aliphatic rings. The predicted molar refractivity (Wildman–Crippen MR) is 114 cm³/mol. The molecule has 1 amide bonds. The molecular weight excluding hydrogens is 368 g/mol. The van der Waals surface area contributed by atoms with E-state index in [0.29, 0.717) is 12.8 Å². The van der Waals surface area contributed by atoms with Gasteiger partial charge in [0, 0.05) is 50.6 Å². The Morgan fingerprint density at radius 3 is 2.62 bits per heavy atom. The van der Waals surface area contributed by atoms with Crippen molar-refractivity contribution in [2.75, 3.05) is 39.3 Å². The molecule has 158 valence electrons. The van der Waals surface area contributed by atoms with Gasteiger partial charge in [-0.1, -0.05) is 30.4 Å². The lowest BCUT2D eigenvalue weighted by atomic mass is 9.84. The number of nitrogens with zero attached hydrogens (tertiary/aromatic N) is 3. The Bertz CT molecular complexity index is 730. The molecule has 0 aromatic rings. The minimum absolute atomic E-state index is 0.0326. The van der Waals surface area contributed by atoms with Gasteiger partial charge in [0.1, 0.15) is 0 Å².